The van der Waals surface area contributed by atoms with Crippen molar-refractivity contribution in [2.75, 3.05) is 6.26 Å². The van der Waals surface area contributed by atoms with Crippen molar-refractivity contribution in [2.24, 2.45) is 0 Å². The minimum absolute atomic E-state index is 0. The molecule has 3 aromatic rings. The molecular formula is C17H12Cl3LiN2O2S. The van der Waals surface area contributed by atoms with Gasteiger partial charge >= 0.3 is 24.8 Å². The molecule has 9 heteroatoms. The molecular weight excluding hydrogens is 410 g/mol. The van der Waals surface area contributed by atoms with Crippen LogP contribution in [0.3, 0.4) is 0 Å². The predicted molar refractivity (Wildman–Crippen MR) is 104 cm³/mol. The Labute approximate surface area is 183 Å². The number of nitrogens with zero attached hydrogens (tertiary/aromatic N) is 2. The van der Waals surface area contributed by atoms with Crippen LogP contribution in [0.1, 0.15) is 11.9 Å². The van der Waals surface area contributed by atoms with Crippen LogP contribution in [0.25, 0.3) is 16.9 Å². The van der Waals surface area contributed by atoms with Gasteiger partial charge in [0, 0.05) is 15.6 Å². The maximum atomic E-state index is 11.6. The fourth-order valence-corrected chi connectivity index (χ4v) is 3.76. The largest absolute Gasteiger partial charge is 1.00 e. The summed E-state index contributed by atoms with van der Waals surface area (Å²) in [6.45, 7) is 0. The Morgan fingerprint density at radius 1 is 1.12 bits per heavy atom. The molecule has 26 heavy (non-hydrogen) atoms. The third-order valence-electron chi connectivity index (χ3n) is 3.50. The second-order valence-corrected chi connectivity index (χ2v) is 7.15. The first-order chi connectivity index (χ1) is 11.9. The van der Waals surface area contributed by atoms with Gasteiger partial charge in [-0.15, -0.1) is 11.8 Å². The number of hydrogen-bond donors (Lipinski definition) is 1. The number of carbonyl (C=O) groups is 1. The van der Waals surface area contributed by atoms with Crippen molar-refractivity contribution in [1.29, 1.82) is 0 Å². The monoisotopic (exact) mass is 420 g/mol. The quantitative estimate of drug-likeness (QED) is 0.520. The first kappa shape index (κ1) is 21.2. The summed E-state index contributed by atoms with van der Waals surface area (Å²) in [6.07, 6.45) is 1.80. The first-order valence-corrected chi connectivity index (χ1v) is 9.40. The van der Waals surface area contributed by atoms with Crippen molar-refractivity contribution < 1.29 is 30.2 Å². The maximum Gasteiger partial charge on any atom is 1.00 e. The van der Waals surface area contributed by atoms with E-state index >= 15 is 0 Å². The molecule has 0 spiro atoms. The summed E-state index contributed by atoms with van der Waals surface area (Å²) >= 11 is 19.6. The average Bonchev–Trinajstić information content (AvgIpc) is 2.95. The van der Waals surface area contributed by atoms with E-state index in [4.69, 9.17) is 34.8 Å². The first-order valence-electron chi connectivity index (χ1n) is 7.04. The molecule has 0 amide bonds. The van der Waals surface area contributed by atoms with Gasteiger partial charge in [-0.3, -0.25) is 0 Å². The van der Waals surface area contributed by atoms with Crippen LogP contribution in [-0.4, -0.2) is 27.1 Å². The van der Waals surface area contributed by atoms with Crippen LogP contribution in [0.15, 0.2) is 47.4 Å². The Morgan fingerprint density at radius 2 is 1.73 bits per heavy atom. The van der Waals surface area contributed by atoms with E-state index in [0.717, 1.165) is 5.56 Å². The van der Waals surface area contributed by atoms with Crippen LogP contribution in [0.4, 0.5) is 0 Å². The fraction of sp³-hybridized carbons (Fsp3) is 0.0588. The minimum atomic E-state index is -1.11. The number of carboxylic acids is 1. The smallest absolute Gasteiger partial charge is 1.00 e. The van der Waals surface area contributed by atoms with E-state index in [-0.39, 0.29) is 26.0 Å². The van der Waals surface area contributed by atoms with Crippen molar-refractivity contribution in [2.45, 2.75) is 4.90 Å². The van der Waals surface area contributed by atoms with Gasteiger partial charge in [-0.05, 0) is 36.6 Å². The van der Waals surface area contributed by atoms with Crippen LogP contribution < -0.4 is 18.9 Å². The van der Waals surface area contributed by atoms with Crippen molar-refractivity contribution in [3.8, 4) is 16.9 Å². The molecule has 2 aromatic carbocycles. The molecule has 3 rings (SSSR count). The summed E-state index contributed by atoms with van der Waals surface area (Å²) in [4.78, 5) is 12.2. The third kappa shape index (κ3) is 4.09. The molecule has 130 valence electrons. The van der Waals surface area contributed by atoms with Gasteiger partial charge < -0.3 is 6.53 Å². The summed E-state index contributed by atoms with van der Waals surface area (Å²) in [5.41, 5.74) is 1.91. The molecule has 0 aliphatic heterocycles. The van der Waals surface area contributed by atoms with Gasteiger partial charge in [0.25, 0.3) is 0 Å². The molecule has 0 saturated heterocycles. The van der Waals surface area contributed by atoms with Gasteiger partial charge in [0.1, 0.15) is 0 Å². The zero-order valence-electron chi connectivity index (χ0n) is 14.8. The fourth-order valence-electron chi connectivity index (χ4n) is 2.43. The third-order valence-corrected chi connectivity index (χ3v) is 5.09. The van der Waals surface area contributed by atoms with E-state index in [0.29, 0.717) is 31.3 Å². The molecule has 0 aliphatic rings. The topological polar surface area (TPSA) is 55.1 Å². The van der Waals surface area contributed by atoms with E-state index < -0.39 is 5.97 Å². The molecule has 0 aliphatic carbocycles. The number of aromatic carboxylic acids is 1. The summed E-state index contributed by atoms with van der Waals surface area (Å²) in [6, 6.07) is 12.1. The van der Waals surface area contributed by atoms with Gasteiger partial charge in [0.05, 0.1) is 21.3 Å². The number of rotatable bonds is 4. The molecule has 4 nitrogen and oxygen atoms in total. The van der Waals surface area contributed by atoms with Gasteiger partial charge in [-0.2, -0.15) is 5.10 Å². The molecule has 1 heterocycles. The summed E-state index contributed by atoms with van der Waals surface area (Å²) < 4.78 is 1.52. The average molecular weight is 422 g/mol. The Morgan fingerprint density at radius 3 is 2.27 bits per heavy atom. The molecule has 0 fully saturated rings. The molecule has 0 saturated carbocycles. The van der Waals surface area contributed by atoms with Crippen molar-refractivity contribution in [3.05, 3.63) is 63.2 Å². The number of carboxylic acid groups (broad SMARTS) is 1. The van der Waals surface area contributed by atoms with E-state index in [1.807, 2.05) is 12.1 Å². The molecule has 0 bridgehead atoms. The van der Waals surface area contributed by atoms with Crippen LogP contribution in [0.2, 0.25) is 15.1 Å². The zero-order chi connectivity index (χ0) is 18.1. The van der Waals surface area contributed by atoms with E-state index in [9.17, 15) is 9.90 Å². The van der Waals surface area contributed by atoms with E-state index in [2.05, 4.69) is 5.10 Å². The van der Waals surface area contributed by atoms with Crippen LogP contribution >= 0.6 is 46.6 Å². The molecule has 0 radical (unpaired) electrons. The maximum absolute atomic E-state index is 11.6. The Kier molecular flexibility index (Phi) is 7.15. The van der Waals surface area contributed by atoms with Crippen LogP contribution in [0, 0.1) is 0 Å². The molecule has 1 N–H and O–H groups in total. The van der Waals surface area contributed by atoms with E-state index in [1.165, 1.54) is 16.4 Å². The number of aromatic nitrogens is 2. The van der Waals surface area contributed by atoms with Gasteiger partial charge in [-0.25, -0.2) is 9.48 Å². The zero-order valence-corrected chi connectivity index (χ0v) is 16.9. The van der Waals surface area contributed by atoms with Crippen molar-refractivity contribution in [3.63, 3.8) is 0 Å². The van der Waals surface area contributed by atoms with Gasteiger partial charge in [0.15, 0.2) is 5.69 Å². The van der Waals surface area contributed by atoms with Crippen molar-refractivity contribution >= 4 is 52.5 Å². The van der Waals surface area contributed by atoms with Gasteiger partial charge in [0.2, 0.25) is 0 Å². The van der Waals surface area contributed by atoms with Crippen molar-refractivity contribution in [1.82, 2.24) is 9.78 Å². The molecule has 1 aromatic heterocycles. The summed E-state index contributed by atoms with van der Waals surface area (Å²) in [5.74, 6) is -1.11. The predicted octanol–water partition coefficient (Wildman–Crippen LogP) is 3.04. The second-order valence-electron chi connectivity index (χ2n) is 5.05. The Bertz CT molecular complexity index is 968. The minimum Gasteiger partial charge on any atom is -1.00 e. The van der Waals surface area contributed by atoms with Crippen LogP contribution in [-0.2, 0) is 0 Å². The summed E-state index contributed by atoms with van der Waals surface area (Å²) in [5, 5.41) is 15.2. The number of halogens is 3. The normalized spacial score (nSPS) is 10.5. The number of thioether (sulfide) groups is 1. The standard InChI is InChI=1S/C17H11Cl3N2O2S.Li.H/c1-25-16-14(17(23)24)21-22(13-7-6-11(19)8-12(13)20)15(16)9-2-4-10(18)5-3-9;;/h2-8H,1H3,(H,23,24);;/q;+1;-1. The second kappa shape index (κ2) is 8.75. The summed E-state index contributed by atoms with van der Waals surface area (Å²) in [7, 11) is 0. The SMILES string of the molecule is CSc1c(C(=O)O)nn(-c2ccc(Cl)cc2Cl)c1-c1ccc(Cl)cc1.[H-].[Li+]. The molecule has 0 atom stereocenters. The van der Waals surface area contributed by atoms with E-state index in [1.54, 1.807) is 36.6 Å². The van der Waals surface area contributed by atoms with Crippen LogP contribution in [0.5, 0.6) is 0 Å². The van der Waals surface area contributed by atoms with Gasteiger partial charge in [-0.1, -0.05) is 46.9 Å². The number of hydrogen-bond acceptors (Lipinski definition) is 3. The number of benzene rings is 2. The molecule has 0 unspecified atom stereocenters. The Balaban J connectivity index is 0.00000182. The Hall–Kier alpha value is -1.06.